The van der Waals surface area contributed by atoms with Crippen molar-refractivity contribution < 1.29 is 5.11 Å². The molecule has 0 radical (unpaired) electrons. The van der Waals surface area contributed by atoms with Crippen LogP contribution in [-0.4, -0.2) is 16.7 Å². The summed E-state index contributed by atoms with van der Waals surface area (Å²) in [5, 5.41) is 13.5. The third kappa shape index (κ3) is 4.37. The zero-order valence-electron chi connectivity index (χ0n) is 13.6. The molecule has 128 valence electrons. The van der Waals surface area contributed by atoms with E-state index in [1.807, 2.05) is 42.5 Å². The maximum Gasteiger partial charge on any atom is 0.193 e. The number of hydrogen-bond acceptors (Lipinski definition) is 3. The SMILES string of the molecule is O=c1c(CNCc2ccc(Cl)cc2)c[nH]c2ccc(/C=C\CO)cc12. The lowest BCUT2D eigenvalue weighted by atomic mass is 10.1. The number of aliphatic hydroxyl groups is 1. The van der Waals surface area contributed by atoms with Crippen LogP contribution in [0.4, 0.5) is 0 Å². The number of aromatic amines is 1. The maximum absolute atomic E-state index is 12.7. The molecule has 0 aliphatic rings. The van der Waals surface area contributed by atoms with Gasteiger partial charge in [-0.1, -0.05) is 42.0 Å². The van der Waals surface area contributed by atoms with E-state index in [-0.39, 0.29) is 12.0 Å². The van der Waals surface area contributed by atoms with Crippen LogP contribution in [0.2, 0.25) is 5.02 Å². The van der Waals surface area contributed by atoms with Gasteiger partial charge in [-0.25, -0.2) is 0 Å². The molecule has 0 spiro atoms. The monoisotopic (exact) mass is 354 g/mol. The van der Waals surface area contributed by atoms with Gasteiger partial charge in [0.2, 0.25) is 0 Å². The van der Waals surface area contributed by atoms with E-state index in [1.165, 1.54) is 0 Å². The Balaban J connectivity index is 1.77. The Bertz CT molecular complexity index is 946. The van der Waals surface area contributed by atoms with E-state index in [0.717, 1.165) is 16.6 Å². The lowest BCUT2D eigenvalue weighted by Gasteiger charge is -2.07. The zero-order chi connectivity index (χ0) is 17.6. The second-order valence-electron chi connectivity index (χ2n) is 5.76. The maximum atomic E-state index is 12.7. The summed E-state index contributed by atoms with van der Waals surface area (Å²) in [5.41, 5.74) is 3.49. The third-order valence-electron chi connectivity index (χ3n) is 3.96. The molecule has 3 rings (SSSR count). The van der Waals surface area contributed by atoms with Crippen LogP contribution in [0.15, 0.2) is 59.5 Å². The number of nitrogens with one attached hydrogen (secondary N) is 2. The molecule has 0 aliphatic heterocycles. The lowest BCUT2D eigenvalue weighted by molar-refractivity contribution is 0.343. The van der Waals surface area contributed by atoms with Crippen molar-refractivity contribution in [2.24, 2.45) is 0 Å². The van der Waals surface area contributed by atoms with Gasteiger partial charge in [0.1, 0.15) is 0 Å². The molecule has 3 N–H and O–H groups in total. The first-order chi connectivity index (χ1) is 12.2. The molecule has 0 fully saturated rings. The summed E-state index contributed by atoms with van der Waals surface area (Å²) >= 11 is 5.88. The van der Waals surface area contributed by atoms with Crippen LogP contribution in [-0.2, 0) is 13.1 Å². The fraction of sp³-hybridized carbons (Fsp3) is 0.150. The van der Waals surface area contributed by atoms with Crippen LogP contribution < -0.4 is 10.7 Å². The van der Waals surface area contributed by atoms with Gasteiger partial charge in [-0.05, 0) is 35.4 Å². The normalized spacial score (nSPS) is 11.4. The highest BCUT2D eigenvalue weighted by atomic mass is 35.5. The first-order valence-electron chi connectivity index (χ1n) is 8.04. The molecule has 5 heteroatoms. The fourth-order valence-electron chi connectivity index (χ4n) is 2.65. The Hall–Kier alpha value is -2.40. The molecule has 25 heavy (non-hydrogen) atoms. The molecule has 2 aromatic carbocycles. The molecule has 3 aromatic rings. The average molecular weight is 355 g/mol. The number of pyridine rings is 1. The quantitative estimate of drug-likeness (QED) is 0.635. The van der Waals surface area contributed by atoms with E-state index >= 15 is 0 Å². The van der Waals surface area contributed by atoms with Crippen molar-refractivity contribution in [1.82, 2.24) is 10.3 Å². The minimum absolute atomic E-state index is 0.0107. The molecule has 0 aliphatic carbocycles. The molecule has 4 nitrogen and oxygen atoms in total. The van der Waals surface area contributed by atoms with Gasteiger partial charge in [0.15, 0.2) is 5.43 Å². The van der Waals surface area contributed by atoms with Crippen molar-refractivity contribution in [3.63, 3.8) is 0 Å². The second kappa shape index (κ2) is 8.12. The molecular formula is C20H19ClN2O2. The van der Waals surface area contributed by atoms with Gasteiger partial charge in [-0.3, -0.25) is 4.79 Å². The van der Waals surface area contributed by atoms with Crippen molar-refractivity contribution in [2.45, 2.75) is 13.1 Å². The Morgan fingerprint density at radius 3 is 2.68 bits per heavy atom. The summed E-state index contributed by atoms with van der Waals surface area (Å²) in [6.07, 6.45) is 5.19. The van der Waals surface area contributed by atoms with E-state index in [0.29, 0.717) is 29.1 Å². The van der Waals surface area contributed by atoms with Crippen molar-refractivity contribution >= 4 is 28.6 Å². The molecule has 0 unspecified atom stereocenters. The molecule has 1 heterocycles. The molecular weight excluding hydrogens is 336 g/mol. The second-order valence-corrected chi connectivity index (χ2v) is 6.20. The van der Waals surface area contributed by atoms with E-state index in [1.54, 1.807) is 18.3 Å². The summed E-state index contributed by atoms with van der Waals surface area (Å²) in [5.74, 6) is 0. The summed E-state index contributed by atoms with van der Waals surface area (Å²) in [7, 11) is 0. The first kappa shape index (κ1) is 17.4. The molecule has 0 saturated heterocycles. The number of aliphatic hydroxyl groups excluding tert-OH is 1. The van der Waals surface area contributed by atoms with E-state index in [4.69, 9.17) is 16.7 Å². The van der Waals surface area contributed by atoms with Gasteiger partial charge in [-0.15, -0.1) is 0 Å². The minimum atomic E-state index is -0.0247. The Morgan fingerprint density at radius 1 is 1.12 bits per heavy atom. The zero-order valence-corrected chi connectivity index (χ0v) is 14.4. The predicted molar refractivity (Wildman–Crippen MR) is 103 cm³/mol. The van der Waals surface area contributed by atoms with Gasteiger partial charge < -0.3 is 15.4 Å². The highest BCUT2D eigenvalue weighted by Gasteiger charge is 2.05. The molecule has 1 aromatic heterocycles. The van der Waals surface area contributed by atoms with Gasteiger partial charge >= 0.3 is 0 Å². The summed E-state index contributed by atoms with van der Waals surface area (Å²) < 4.78 is 0. The molecule has 0 bridgehead atoms. The van der Waals surface area contributed by atoms with E-state index in [2.05, 4.69) is 10.3 Å². The number of hydrogen-bond donors (Lipinski definition) is 3. The van der Waals surface area contributed by atoms with Crippen LogP contribution in [0.25, 0.3) is 17.0 Å². The number of fused-ring (bicyclic) bond motifs is 1. The lowest BCUT2D eigenvalue weighted by Crippen LogP contribution is -2.19. The van der Waals surface area contributed by atoms with Crippen LogP contribution in [0.5, 0.6) is 0 Å². The Morgan fingerprint density at radius 2 is 1.92 bits per heavy atom. The summed E-state index contributed by atoms with van der Waals surface area (Å²) in [6, 6.07) is 13.2. The van der Waals surface area contributed by atoms with Crippen molar-refractivity contribution in [3.8, 4) is 0 Å². The molecule has 0 amide bonds. The molecule has 0 saturated carbocycles. The number of halogens is 1. The fourth-order valence-corrected chi connectivity index (χ4v) is 2.77. The highest BCUT2D eigenvalue weighted by Crippen LogP contribution is 2.13. The Labute approximate surface area is 150 Å². The van der Waals surface area contributed by atoms with E-state index in [9.17, 15) is 4.79 Å². The number of benzene rings is 2. The highest BCUT2D eigenvalue weighted by molar-refractivity contribution is 6.30. The van der Waals surface area contributed by atoms with E-state index < -0.39 is 0 Å². The average Bonchev–Trinajstić information content (AvgIpc) is 2.63. The van der Waals surface area contributed by atoms with Crippen LogP contribution >= 0.6 is 11.6 Å². The van der Waals surface area contributed by atoms with Crippen molar-refractivity contribution in [1.29, 1.82) is 0 Å². The number of rotatable bonds is 6. The van der Waals surface area contributed by atoms with Crippen LogP contribution in [0.1, 0.15) is 16.7 Å². The third-order valence-corrected chi connectivity index (χ3v) is 4.21. The van der Waals surface area contributed by atoms with Crippen LogP contribution in [0.3, 0.4) is 0 Å². The smallest absolute Gasteiger partial charge is 0.193 e. The first-order valence-corrected chi connectivity index (χ1v) is 8.42. The predicted octanol–water partition coefficient (Wildman–Crippen LogP) is 3.48. The van der Waals surface area contributed by atoms with Gasteiger partial charge in [-0.2, -0.15) is 0 Å². The largest absolute Gasteiger partial charge is 0.392 e. The van der Waals surface area contributed by atoms with Crippen LogP contribution in [0, 0.1) is 0 Å². The number of H-pyrrole nitrogens is 1. The standard InChI is InChI=1S/C20H19ClN2O2/c21-17-6-3-15(4-7-17)11-22-12-16-13-23-19-8-5-14(2-1-9-24)10-18(19)20(16)25/h1-8,10,13,22,24H,9,11-12H2,(H,23,25)/b2-1-. The van der Waals surface area contributed by atoms with Gasteiger partial charge in [0, 0.05) is 40.8 Å². The summed E-state index contributed by atoms with van der Waals surface area (Å²) in [6.45, 7) is 1.11. The molecule has 0 atom stereocenters. The van der Waals surface area contributed by atoms with Gasteiger partial charge in [0.05, 0.1) is 6.61 Å². The Kier molecular flexibility index (Phi) is 5.66. The topological polar surface area (TPSA) is 65.1 Å². The van der Waals surface area contributed by atoms with Crippen molar-refractivity contribution in [2.75, 3.05) is 6.61 Å². The van der Waals surface area contributed by atoms with Gasteiger partial charge in [0.25, 0.3) is 0 Å². The summed E-state index contributed by atoms with van der Waals surface area (Å²) in [4.78, 5) is 15.9. The van der Waals surface area contributed by atoms with Crippen molar-refractivity contribution in [3.05, 3.63) is 86.7 Å². The number of aromatic nitrogens is 1. The minimum Gasteiger partial charge on any atom is -0.392 e.